The molecule has 2 N–H and O–H groups in total. The van der Waals surface area contributed by atoms with Crippen molar-refractivity contribution in [2.75, 3.05) is 0 Å². The highest BCUT2D eigenvalue weighted by Gasteiger charge is 2.06. The first-order valence-electron chi connectivity index (χ1n) is 11.2. The van der Waals surface area contributed by atoms with Crippen molar-refractivity contribution in [3.05, 3.63) is 131 Å². The van der Waals surface area contributed by atoms with Crippen molar-refractivity contribution >= 4 is 35.1 Å². The molecule has 33 heavy (non-hydrogen) atoms. The van der Waals surface area contributed by atoms with Gasteiger partial charge in [0.2, 0.25) is 0 Å². The van der Waals surface area contributed by atoms with Crippen LogP contribution in [0.15, 0.2) is 109 Å². The summed E-state index contributed by atoms with van der Waals surface area (Å²) in [5.74, 6) is 0. The first-order chi connectivity index (χ1) is 16.3. The van der Waals surface area contributed by atoms with Gasteiger partial charge >= 0.3 is 0 Å². The smallest absolute Gasteiger partial charge is 0.0695 e. The maximum absolute atomic E-state index is 6.10. The van der Waals surface area contributed by atoms with E-state index < -0.39 is 0 Å². The Balaban J connectivity index is 1.51. The van der Waals surface area contributed by atoms with Crippen molar-refractivity contribution in [1.29, 1.82) is 0 Å². The molecule has 0 aliphatic heterocycles. The van der Waals surface area contributed by atoms with Crippen LogP contribution in [0.25, 0.3) is 46.3 Å². The van der Waals surface area contributed by atoms with E-state index in [4.69, 9.17) is 5.73 Å². The molecule has 0 saturated carbocycles. The van der Waals surface area contributed by atoms with Gasteiger partial charge in [0.25, 0.3) is 0 Å². The van der Waals surface area contributed by atoms with Crippen LogP contribution >= 0.6 is 0 Å². The minimum absolute atomic E-state index is 0.870. The van der Waals surface area contributed by atoms with Crippen LogP contribution in [-0.4, -0.2) is 4.40 Å². The van der Waals surface area contributed by atoms with Gasteiger partial charge in [-0.2, -0.15) is 0 Å². The number of allylic oxidation sites excluding steroid dienone is 2. The number of nitrogens with two attached hydrogens (primary N) is 1. The highest BCUT2D eigenvalue weighted by molar-refractivity contribution is 5.96. The van der Waals surface area contributed by atoms with Crippen LogP contribution < -0.4 is 21.7 Å². The molecule has 0 atom stereocenters. The Bertz CT molecular complexity index is 1640. The summed E-state index contributed by atoms with van der Waals surface area (Å²) in [5, 5.41) is 5.29. The summed E-state index contributed by atoms with van der Waals surface area (Å²) in [7, 11) is 0. The van der Waals surface area contributed by atoms with Gasteiger partial charge in [-0.3, -0.25) is 0 Å². The van der Waals surface area contributed by atoms with Gasteiger partial charge in [-0.1, -0.05) is 116 Å². The summed E-state index contributed by atoms with van der Waals surface area (Å²) in [6, 6.07) is 33.8. The molecule has 160 valence electrons. The molecule has 0 saturated heterocycles. The standard InChI is InChI=1S/C31H26N2/c1-23-10-5-7-14-27-15-9-17-29-28(30(22-32)33(23)31(27)29)16-8-6-11-24-18-20-26(21-19-24)25-12-3-2-4-13-25/h2-10,12-22H,1,11,32H2/b8-6+,10-5?,14-7?,28-16-,30-22+. The second kappa shape index (κ2) is 9.05. The van der Waals surface area contributed by atoms with Gasteiger partial charge in [0.15, 0.2) is 0 Å². The van der Waals surface area contributed by atoms with Gasteiger partial charge in [0.1, 0.15) is 0 Å². The zero-order valence-corrected chi connectivity index (χ0v) is 18.5. The quantitative estimate of drug-likeness (QED) is 0.443. The Hall–Kier alpha value is -4.30. The molecule has 2 nitrogen and oxygen atoms in total. The summed E-state index contributed by atoms with van der Waals surface area (Å²) in [4.78, 5) is 0. The van der Waals surface area contributed by atoms with E-state index in [2.05, 4.69) is 108 Å². The molecule has 0 amide bonds. The zero-order valence-electron chi connectivity index (χ0n) is 18.5. The normalized spacial score (nSPS) is 12.8. The van der Waals surface area contributed by atoms with E-state index in [1.807, 2.05) is 18.2 Å². The Morgan fingerprint density at radius 2 is 1.45 bits per heavy atom. The summed E-state index contributed by atoms with van der Waals surface area (Å²) >= 11 is 0. The highest BCUT2D eigenvalue weighted by Crippen LogP contribution is 2.19. The predicted molar refractivity (Wildman–Crippen MR) is 142 cm³/mol. The van der Waals surface area contributed by atoms with E-state index in [9.17, 15) is 0 Å². The molecule has 0 aliphatic rings. The summed E-state index contributed by atoms with van der Waals surface area (Å²) in [6.45, 7) is 4.26. The van der Waals surface area contributed by atoms with Crippen LogP contribution in [0.2, 0.25) is 0 Å². The number of nitrogens with zero attached hydrogens (tertiary/aromatic N) is 1. The average molecular weight is 427 g/mol. The molecule has 3 aromatic carbocycles. The number of rotatable bonds is 4. The SMILES string of the molecule is C=c1ccccc2cccc3c(=C/C=C/Cc4ccc(-c5ccccc5)cc4)/c(=C\N)n1c23. The van der Waals surface area contributed by atoms with Crippen molar-refractivity contribution in [2.24, 2.45) is 5.73 Å². The molecular weight excluding hydrogens is 400 g/mol. The lowest BCUT2D eigenvalue weighted by Crippen LogP contribution is -2.32. The van der Waals surface area contributed by atoms with Gasteiger partial charge in [0.05, 0.1) is 10.9 Å². The van der Waals surface area contributed by atoms with Crippen molar-refractivity contribution < 1.29 is 0 Å². The molecule has 0 unspecified atom stereocenters. The van der Waals surface area contributed by atoms with Crippen LogP contribution in [0.4, 0.5) is 0 Å². The Morgan fingerprint density at radius 3 is 2.24 bits per heavy atom. The summed E-state index contributed by atoms with van der Waals surface area (Å²) in [5.41, 5.74) is 11.0. The fourth-order valence-electron chi connectivity index (χ4n) is 4.41. The Labute approximate surface area is 193 Å². The van der Waals surface area contributed by atoms with Gasteiger partial charge < -0.3 is 10.1 Å². The second-order valence-electron chi connectivity index (χ2n) is 8.12. The van der Waals surface area contributed by atoms with E-state index in [0.717, 1.165) is 33.2 Å². The van der Waals surface area contributed by atoms with Crippen LogP contribution in [0, 0.1) is 0 Å². The van der Waals surface area contributed by atoms with Gasteiger partial charge in [-0.25, -0.2) is 0 Å². The lowest BCUT2D eigenvalue weighted by Gasteiger charge is -2.02. The fourth-order valence-corrected chi connectivity index (χ4v) is 4.41. The summed E-state index contributed by atoms with van der Waals surface area (Å²) < 4.78 is 2.15. The number of para-hydroxylation sites is 1. The number of hydrogen-bond acceptors (Lipinski definition) is 1. The van der Waals surface area contributed by atoms with E-state index in [0.29, 0.717) is 0 Å². The molecule has 0 spiro atoms. The number of hydrogen-bond donors (Lipinski definition) is 1. The third-order valence-electron chi connectivity index (χ3n) is 6.03. The van der Waals surface area contributed by atoms with Crippen molar-refractivity contribution in [1.82, 2.24) is 4.40 Å². The molecule has 2 heterocycles. The molecule has 0 radical (unpaired) electrons. The van der Waals surface area contributed by atoms with Crippen molar-refractivity contribution in [2.45, 2.75) is 6.42 Å². The molecule has 5 rings (SSSR count). The van der Waals surface area contributed by atoms with Crippen molar-refractivity contribution in [3.63, 3.8) is 0 Å². The highest BCUT2D eigenvalue weighted by atomic mass is 14.9. The van der Waals surface area contributed by atoms with E-state index in [1.165, 1.54) is 22.1 Å². The molecule has 5 aromatic rings. The lowest BCUT2D eigenvalue weighted by molar-refractivity contribution is 1.09. The fraction of sp³-hybridized carbons (Fsp3) is 0.0323. The second-order valence-corrected chi connectivity index (χ2v) is 8.12. The molecular formula is C31H26N2. The maximum Gasteiger partial charge on any atom is 0.0695 e. The first-order valence-corrected chi connectivity index (χ1v) is 11.2. The van der Waals surface area contributed by atoms with E-state index in [-0.39, 0.29) is 0 Å². The molecule has 0 bridgehead atoms. The van der Waals surface area contributed by atoms with Crippen LogP contribution in [0.5, 0.6) is 0 Å². The third kappa shape index (κ3) is 3.99. The maximum atomic E-state index is 6.10. The van der Waals surface area contributed by atoms with Crippen LogP contribution in [-0.2, 0) is 6.42 Å². The van der Waals surface area contributed by atoms with Crippen LogP contribution in [0.3, 0.4) is 0 Å². The number of aromatic nitrogens is 1. The van der Waals surface area contributed by atoms with Gasteiger partial charge in [0, 0.05) is 22.2 Å². The third-order valence-corrected chi connectivity index (χ3v) is 6.03. The Morgan fingerprint density at radius 1 is 0.758 bits per heavy atom. The van der Waals surface area contributed by atoms with Gasteiger partial charge in [-0.15, -0.1) is 0 Å². The zero-order chi connectivity index (χ0) is 22.6. The molecule has 2 aromatic heterocycles. The van der Waals surface area contributed by atoms with E-state index >= 15 is 0 Å². The first kappa shape index (κ1) is 20.6. The van der Waals surface area contributed by atoms with Gasteiger partial charge in [-0.05, 0) is 34.6 Å². The van der Waals surface area contributed by atoms with E-state index in [1.54, 1.807) is 6.20 Å². The largest absolute Gasteiger partial charge is 0.403 e. The van der Waals surface area contributed by atoms with Crippen LogP contribution in [0.1, 0.15) is 5.56 Å². The monoisotopic (exact) mass is 426 g/mol. The molecule has 0 aliphatic carbocycles. The topological polar surface area (TPSA) is 30.4 Å². The lowest BCUT2D eigenvalue weighted by atomic mass is 10.0. The minimum atomic E-state index is 0.870. The Kier molecular flexibility index (Phi) is 5.65. The molecule has 0 fully saturated rings. The number of benzene rings is 3. The molecule has 2 heteroatoms. The minimum Gasteiger partial charge on any atom is -0.403 e. The predicted octanol–water partition coefficient (Wildman–Crippen LogP) is 4.73. The van der Waals surface area contributed by atoms with Crippen molar-refractivity contribution in [3.8, 4) is 11.1 Å². The average Bonchev–Trinajstić information content (AvgIpc) is 3.18. The summed E-state index contributed by atoms with van der Waals surface area (Å²) in [6.07, 6.45) is 9.01.